The van der Waals surface area contributed by atoms with E-state index in [0.29, 0.717) is 32.4 Å². The van der Waals surface area contributed by atoms with Gasteiger partial charge in [-0.3, -0.25) is 9.59 Å². The van der Waals surface area contributed by atoms with Crippen LogP contribution in [0.4, 0.5) is 0 Å². The smallest absolute Gasteiger partial charge is 0.306 e. The van der Waals surface area contributed by atoms with Crippen molar-refractivity contribution in [3.63, 3.8) is 0 Å². The van der Waals surface area contributed by atoms with Crippen LogP contribution < -0.4 is 4.74 Å². The number of amides is 1. The molecule has 0 aliphatic heterocycles. The Bertz CT molecular complexity index is 567. The monoisotopic (exact) mass is 317 g/mol. The van der Waals surface area contributed by atoms with Crippen molar-refractivity contribution in [2.75, 3.05) is 13.7 Å². The highest BCUT2D eigenvalue weighted by Crippen LogP contribution is 2.32. The van der Waals surface area contributed by atoms with Crippen LogP contribution in [0.15, 0.2) is 36.9 Å². The van der Waals surface area contributed by atoms with E-state index in [1.165, 1.54) is 0 Å². The molecule has 1 N–H and O–H groups in total. The molecule has 1 aromatic rings. The van der Waals surface area contributed by atoms with Crippen LogP contribution >= 0.6 is 0 Å². The molecule has 0 unspecified atom stereocenters. The molecule has 1 saturated carbocycles. The molecule has 2 rings (SSSR count). The highest BCUT2D eigenvalue weighted by molar-refractivity contribution is 5.81. The van der Waals surface area contributed by atoms with Gasteiger partial charge in [0, 0.05) is 19.0 Å². The van der Waals surface area contributed by atoms with Crippen molar-refractivity contribution in [3.8, 4) is 5.75 Å². The number of carbonyl (C=O) groups excluding carboxylic acids is 1. The van der Waals surface area contributed by atoms with Crippen LogP contribution in [0.5, 0.6) is 5.75 Å². The number of hydrogen-bond acceptors (Lipinski definition) is 3. The first kappa shape index (κ1) is 17.1. The predicted molar refractivity (Wildman–Crippen MR) is 87.1 cm³/mol. The lowest BCUT2D eigenvalue weighted by molar-refractivity contribution is -0.141. The summed E-state index contributed by atoms with van der Waals surface area (Å²) in [6, 6.07) is 7.58. The molecular formula is C18H23NO4. The van der Waals surface area contributed by atoms with Gasteiger partial charge in [-0.25, -0.2) is 0 Å². The van der Waals surface area contributed by atoms with E-state index in [0.717, 1.165) is 11.3 Å². The molecule has 0 bridgehead atoms. The zero-order valence-corrected chi connectivity index (χ0v) is 13.4. The van der Waals surface area contributed by atoms with Crippen molar-refractivity contribution >= 4 is 11.9 Å². The summed E-state index contributed by atoms with van der Waals surface area (Å²) in [5.74, 6) is -0.601. The SMILES string of the molecule is C=CCN(Cc1ccc(OC)cc1)C(=O)[C@@H]1CC[C@H](C(=O)O)C1. The van der Waals surface area contributed by atoms with Crippen molar-refractivity contribution in [1.29, 1.82) is 0 Å². The van der Waals surface area contributed by atoms with Gasteiger partial charge >= 0.3 is 5.97 Å². The van der Waals surface area contributed by atoms with Crippen LogP contribution in [0.1, 0.15) is 24.8 Å². The second-order valence-electron chi connectivity index (χ2n) is 5.90. The van der Waals surface area contributed by atoms with Crippen molar-refractivity contribution in [2.24, 2.45) is 11.8 Å². The maximum atomic E-state index is 12.7. The summed E-state index contributed by atoms with van der Waals surface area (Å²) in [6.07, 6.45) is 3.36. The third-order valence-electron chi connectivity index (χ3n) is 4.32. The summed E-state index contributed by atoms with van der Waals surface area (Å²) in [6.45, 7) is 4.66. The molecular weight excluding hydrogens is 294 g/mol. The minimum atomic E-state index is -0.800. The Morgan fingerprint density at radius 3 is 2.48 bits per heavy atom. The predicted octanol–water partition coefficient (Wildman–Crippen LogP) is 2.71. The van der Waals surface area contributed by atoms with Crippen LogP contribution in [0.2, 0.25) is 0 Å². The summed E-state index contributed by atoms with van der Waals surface area (Å²) in [5.41, 5.74) is 1.01. The second kappa shape index (κ2) is 7.81. The molecule has 0 radical (unpaired) electrons. The Balaban J connectivity index is 2.03. The lowest BCUT2D eigenvalue weighted by Crippen LogP contribution is -2.35. The molecule has 0 saturated heterocycles. The van der Waals surface area contributed by atoms with E-state index in [1.54, 1.807) is 18.1 Å². The Morgan fingerprint density at radius 1 is 1.30 bits per heavy atom. The topological polar surface area (TPSA) is 66.8 Å². The standard InChI is InChI=1S/C18H23NO4/c1-3-10-19(12-13-4-8-16(23-2)9-5-13)17(20)14-6-7-15(11-14)18(21)22/h3-5,8-9,14-15H,1,6-7,10-12H2,2H3,(H,21,22)/t14-,15+/m1/s1. The molecule has 23 heavy (non-hydrogen) atoms. The number of methoxy groups -OCH3 is 1. The molecule has 0 heterocycles. The molecule has 0 aromatic heterocycles. The van der Waals surface area contributed by atoms with Crippen LogP contribution in [0.25, 0.3) is 0 Å². The average molecular weight is 317 g/mol. The first-order chi connectivity index (χ1) is 11.0. The first-order valence-corrected chi connectivity index (χ1v) is 7.80. The van der Waals surface area contributed by atoms with Crippen LogP contribution in [0.3, 0.4) is 0 Å². The number of hydrogen-bond donors (Lipinski definition) is 1. The lowest BCUT2D eigenvalue weighted by atomic mass is 10.0. The van der Waals surface area contributed by atoms with Crippen LogP contribution in [-0.4, -0.2) is 35.5 Å². The van der Waals surface area contributed by atoms with Crippen molar-refractivity contribution in [2.45, 2.75) is 25.8 Å². The molecule has 124 valence electrons. The van der Waals surface area contributed by atoms with Crippen molar-refractivity contribution in [3.05, 3.63) is 42.5 Å². The van der Waals surface area contributed by atoms with Crippen molar-refractivity contribution in [1.82, 2.24) is 4.90 Å². The van der Waals surface area contributed by atoms with Crippen molar-refractivity contribution < 1.29 is 19.4 Å². The van der Waals surface area contributed by atoms with Crippen LogP contribution in [-0.2, 0) is 16.1 Å². The Kier molecular flexibility index (Phi) is 5.79. The second-order valence-corrected chi connectivity index (χ2v) is 5.90. The third-order valence-corrected chi connectivity index (χ3v) is 4.32. The summed E-state index contributed by atoms with van der Waals surface area (Å²) in [5, 5.41) is 9.09. The number of carboxylic acids is 1. The van der Waals surface area contributed by atoms with Gasteiger partial charge in [0.2, 0.25) is 5.91 Å². The third kappa shape index (κ3) is 4.34. The molecule has 1 fully saturated rings. The Morgan fingerprint density at radius 2 is 1.96 bits per heavy atom. The van der Waals surface area contributed by atoms with E-state index in [4.69, 9.17) is 9.84 Å². The number of benzene rings is 1. The van der Waals surface area contributed by atoms with E-state index in [9.17, 15) is 9.59 Å². The van der Waals surface area contributed by atoms with Crippen LogP contribution in [0, 0.1) is 11.8 Å². The number of carbonyl (C=O) groups is 2. The minimum Gasteiger partial charge on any atom is -0.497 e. The molecule has 5 nitrogen and oxygen atoms in total. The van der Waals surface area contributed by atoms with Gasteiger partial charge in [0.1, 0.15) is 5.75 Å². The molecule has 0 spiro atoms. The molecule has 1 amide bonds. The number of rotatable bonds is 7. The van der Waals surface area contributed by atoms with Gasteiger partial charge in [-0.1, -0.05) is 18.2 Å². The summed E-state index contributed by atoms with van der Waals surface area (Å²) in [7, 11) is 1.61. The fraction of sp³-hybridized carbons (Fsp3) is 0.444. The van der Waals surface area contributed by atoms with Gasteiger partial charge in [0.05, 0.1) is 13.0 Å². The van der Waals surface area contributed by atoms with E-state index in [1.807, 2.05) is 24.3 Å². The van der Waals surface area contributed by atoms with Gasteiger partial charge in [-0.05, 0) is 37.0 Å². The van der Waals surface area contributed by atoms with Gasteiger partial charge in [-0.2, -0.15) is 0 Å². The summed E-state index contributed by atoms with van der Waals surface area (Å²) >= 11 is 0. The highest BCUT2D eigenvalue weighted by Gasteiger charge is 2.35. The molecule has 1 aromatic carbocycles. The van der Waals surface area contributed by atoms with E-state index in [2.05, 4.69) is 6.58 Å². The largest absolute Gasteiger partial charge is 0.497 e. The zero-order chi connectivity index (χ0) is 16.8. The van der Waals surface area contributed by atoms with Gasteiger partial charge < -0.3 is 14.7 Å². The summed E-state index contributed by atoms with van der Waals surface area (Å²) in [4.78, 5) is 25.5. The Labute approximate surface area is 136 Å². The minimum absolute atomic E-state index is 0.0180. The maximum Gasteiger partial charge on any atom is 0.306 e. The number of aliphatic carboxylic acids is 1. The van der Waals surface area contributed by atoms with Gasteiger partial charge in [0.25, 0.3) is 0 Å². The normalized spacial score (nSPS) is 20.0. The zero-order valence-electron chi connectivity index (χ0n) is 13.4. The number of carboxylic acid groups (broad SMARTS) is 1. The van der Waals surface area contributed by atoms with E-state index < -0.39 is 11.9 Å². The molecule has 2 atom stereocenters. The van der Waals surface area contributed by atoms with Gasteiger partial charge in [-0.15, -0.1) is 6.58 Å². The first-order valence-electron chi connectivity index (χ1n) is 7.80. The lowest BCUT2D eigenvalue weighted by Gasteiger charge is -2.24. The fourth-order valence-corrected chi connectivity index (χ4v) is 3.03. The average Bonchev–Trinajstić information content (AvgIpc) is 3.05. The number of nitrogens with zero attached hydrogens (tertiary/aromatic N) is 1. The molecule has 5 heteroatoms. The quantitative estimate of drug-likeness (QED) is 0.785. The highest BCUT2D eigenvalue weighted by atomic mass is 16.5. The molecule has 1 aliphatic carbocycles. The number of ether oxygens (including phenoxy) is 1. The fourth-order valence-electron chi connectivity index (χ4n) is 3.03. The van der Waals surface area contributed by atoms with E-state index >= 15 is 0 Å². The Hall–Kier alpha value is -2.30. The molecule has 1 aliphatic rings. The van der Waals surface area contributed by atoms with E-state index in [-0.39, 0.29) is 11.8 Å². The maximum absolute atomic E-state index is 12.7. The summed E-state index contributed by atoms with van der Waals surface area (Å²) < 4.78 is 5.13. The van der Waals surface area contributed by atoms with Gasteiger partial charge in [0.15, 0.2) is 0 Å².